The molecule has 0 radical (unpaired) electrons. The fourth-order valence-corrected chi connectivity index (χ4v) is 2.78. The van der Waals surface area contributed by atoms with Gasteiger partial charge in [-0.3, -0.25) is 4.79 Å². The third-order valence-corrected chi connectivity index (χ3v) is 4.19. The van der Waals surface area contributed by atoms with E-state index in [0.29, 0.717) is 26.4 Å². The van der Waals surface area contributed by atoms with Gasteiger partial charge in [-0.25, -0.2) is 0 Å². The zero-order valence-electron chi connectivity index (χ0n) is 14.5. The Balaban J connectivity index is 2.01. The standard InChI is InChI=1S/C18H27NO4/c1-13-5-6-14(2)16(9-13)17-10-19(15(3)11-23-17)18(20)12-22-8-7-21-4/h5-6,9,15,17H,7-8,10-12H2,1-4H3. The maximum atomic E-state index is 12.4. The van der Waals surface area contributed by atoms with Gasteiger partial charge in [-0.2, -0.15) is 0 Å². The Morgan fingerprint density at radius 2 is 2.13 bits per heavy atom. The average molecular weight is 321 g/mol. The summed E-state index contributed by atoms with van der Waals surface area (Å²) >= 11 is 0. The molecule has 2 atom stereocenters. The van der Waals surface area contributed by atoms with Gasteiger partial charge in [0.2, 0.25) is 5.91 Å². The minimum atomic E-state index is -0.0750. The van der Waals surface area contributed by atoms with Gasteiger partial charge in [0.1, 0.15) is 12.7 Å². The van der Waals surface area contributed by atoms with Crippen molar-refractivity contribution in [3.63, 3.8) is 0 Å². The van der Waals surface area contributed by atoms with Crippen molar-refractivity contribution in [3.05, 3.63) is 34.9 Å². The molecule has 2 unspecified atom stereocenters. The number of rotatable bonds is 6. The minimum Gasteiger partial charge on any atom is -0.382 e. The number of hydrogen-bond donors (Lipinski definition) is 0. The Kier molecular flexibility index (Phi) is 6.57. The van der Waals surface area contributed by atoms with Crippen LogP contribution in [0, 0.1) is 13.8 Å². The predicted octanol–water partition coefficient (Wildman–Crippen LogP) is 2.25. The number of morpholine rings is 1. The monoisotopic (exact) mass is 321 g/mol. The Morgan fingerprint density at radius 1 is 1.35 bits per heavy atom. The fourth-order valence-electron chi connectivity index (χ4n) is 2.78. The largest absolute Gasteiger partial charge is 0.382 e. The molecule has 1 heterocycles. The van der Waals surface area contributed by atoms with Crippen molar-refractivity contribution in [1.82, 2.24) is 4.90 Å². The zero-order valence-corrected chi connectivity index (χ0v) is 14.5. The molecule has 0 aliphatic carbocycles. The van der Waals surface area contributed by atoms with Crippen LogP contribution in [0.1, 0.15) is 29.7 Å². The number of amides is 1. The van der Waals surface area contributed by atoms with Crippen LogP contribution in [0.3, 0.4) is 0 Å². The number of methoxy groups -OCH3 is 1. The zero-order chi connectivity index (χ0) is 16.8. The van der Waals surface area contributed by atoms with Crippen LogP contribution in [-0.2, 0) is 19.0 Å². The van der Waals surface area contributed by atoms with Gasteiger partial charge in [0.05, 0.1) is 32.4 Å². The third-order valence-electron chi connectivity index (χ3n) is 4.19. The van der Waals surface area contributed by atoms with E-state index in [1.54, 1.807) is 7.11 Å². The number of carbonyl (C=O) groups is 1. The molecule has 1 amide bonds. The molecule has 0 bridgehead atoms. The van der Waals surface area contributed by atoms with E-state index in [1.807, 2.05) is 11.8 Å². The summed E-state index contributed by atoms with van der Waals surface area (Å²) in [6.45, 7) is 8.29. The second-order valence-corrected chi connectivity index (χ2v) is 6.12. The lowest BCUT2D eigenvalue weighted by molar-refractivity contribution is -0.149. The number of nitrogens with zero attached hydrogens (tertiary/aromatic N) is 1. The van der Waals surface area contributed by atoms with Gasteiger partial charge < -0.3 is 19.1 Å². The van der Waals surface area contributed by atoms with Gasteiger partial charge >= 0.3 is 0 Å². The lowest BCUT2D eigenvalue weighted by atomic mass is 9.99. The highest BCUT2D eigenvalue weighted by Gasteiger charge is 2.31. The number of aryl methyl sites for hydroxylation is 2. The molecule has 0 N–H and O–H groups in total. The van der Waals surface area contributed by atoms with Crippen LogP contribution in [0.25, 0.3) is 0 Å². The third kappa shape index (κ3) is 4.77. The number of carbonyl (C=O) groups excluding carboxylic acids is 1. The molecule has 2 rings (SSSR count). The first-order valence-corrected chi connectivity index (χ1v) is 8.07. The van der Waals surface area contributed by atoms with E-state index in [4.69, 9.17) is 14.2 Å². The first kappa shape index (κ1) is 17.9. The molecule has 1 aromatic rings. The van der Waals surface area contributed by atoms with E-state index in [-0.39, 0.29) is 24.7 Å². The summed E-state index contributed by atoms with van der Waals surface area (Å²) in [5.41, 5.74) is 3.56. The Hall–Kier alpha value is -1.43. The second-order valence-electron chi connectivity index (χ2n) is 6.12. The first-order chi connectivity index (χ1) is 11.0. The molecule has 0 spiro atoms. The van der Waals surface area contributed by atoms with Crippen molar-refractivity contribution in [2.24, 2.45) is 0 Å². The molecule has 0 aromatic heterocycles. The van der Waals surface area contributed by atoms with Crippen molar-refractivity contribution >= 4 is 5.91 Å². The van der Waals surface area contributed by atoms with Crippen molar-refractivity contribution in [1.29, 1.82) is 0 Å². The molecular weight excluding hydrogens is 294 g/mol. The highest BCUT2D eigenvalue weighted by Crippen LogP contribution is 2.28. The van der Waals surface area contributed by atoms with Crippen LogP contribution >= 0.6 is 0 Å². The summed E-state index contributed by atoms with van der Waals surface area (Å²) < 4.78 is 16.3. The molecule has 5 nitrogen and oxygen atoms in total. The van der Waals surface area contributed by atoms with E-state index in [0.717, 1.165) is 5.56 Å². The summed E-state index contributed by atoms with van der Waals surface area (Å²) in [5, 5.41) is 0. The molecule has 1 saturated heterocycles. The first-order valence-electron chi connectivity index (χ1n) is 8.07. The van der Waals surface area contributed by atoms with Gasteiger partial charge in [-0.05, 0) is 31.9 Å². The molecule has 1 fully saturated rings. The summed E-state index contributed by atoms with van der Waals surface area (Å²) in [4.78, 5) is 14.3. The lowest BCUT2D eigenvalue weighted by Crippen LogP contribution is -2.49. The van der Waals surface area contributed by atoms with E-state index in [9.17, 15) is 4.79 Å². The molecule has 128 valence electrons. The highest BCUT2D eigenvalue weighted by atomic mass is 16.5. The van der Waals surface area contributed by atoms with Gasteiger partial charge in [-0.1, -0.05) is 23.8 Å². The van der Waals surface area contributed by atoms with E-state index in [2.05, 4.69) is 32.0 Å². The number of hydrogen-bond acceptors (Lipinski definition) is 4. The Morgan fingerprint density at radius 3 is 2.87 bits per heavy atom. The molecule has 0 saturated carbocycles. The summed E-state index contributed by atoms with van der Waals surface area (Å²) in [6, 6.07) is 6.41. The lowest BCUT2D eigenvalue weighted by Gasteiger charge is -2.38. The normalized spacial score (nSPS) is 21.5. The van der Waals surface area contributed by atoms with E-state index >= 15 is 0 Å². The molecule has 5 heteroatoms. The Labute approximate surface area is 138 Å². The molecule has 1 aliphatic heterocycles. The molecule has 23 heavy (non-hydrogen) atoms. The number of ether oxygens (including phenoxy) is 3. The SMILES string of the molecule is COCCOCC(=O)N1CC(c2cc(C)ccc2C)OCC1C. The van der Waals surface area contributed by atoms with Crippen LogP contribution in [-0.4, -0.2) is 56.9 Å². The summed E-state index contributed by atoms with van der Waals surface area (Å²) in [5.74, 6) is 0.00668. The average Bonchev–Trinajstić information content (AvgIpc) is 2.54. The van der Waals surface area contributed by atoms with Gasteiger partial charge in [-0.15, -0.1) is 0 Å². The van der Waals surface area contributed by atoms with Crippen molar-refractivity contribution in [2.45, 2.75) is 32.9 Å². The van der Waals surface area contributed by atoms with Gasteiger partial charge in [0.25, 0.3) is 0 Å². The summed E-state index contributed by atoms with van der Waals surface area (Å²) in [6.07, 6.45) is -0.0750. The van der Waals surface area contributed by atoms with Crippen LogP contribution in [0.5, 0.6) is 0 Å². The van der Waals surface area contributed by atoms with Crippen molar-refractivity contribution in [2.75, 3.05) is 40.1 Å². The fraction of sp³-hybridized carbons (Fsp3) is 0.611. The van der Waals surface area contributed by atoms with Crippen LogP contribution < -0.4 is 0 Å². The second kappa shape index (κ2) is 8.43. The predicted molar refractivity (Wildman–Crippen MR) is 88.5 cm³/mol. The molecule has 1 aromatic carbocycles. The minimum absolute atomic E-state index is 0.00668. The van der Waals surface area contributed by atoms with Crippen LogP contribution in [0.2, 0.25) is 0 Å². The molecule has 1 aliphatic rings. The topological polar surface area (TPSA) is 48.0 Å². The smallest absolute Gasteiger partial charge is 0.248 e. The van der Waals surface area contributed by atoms with E-state index < -0.39 is 0 Å². The highest BCUT2D eigenvalue weighted by molar-refractivity contribution is 5.78. The van der Waals surface area contributed by atoms with Crippen molar-refractivity contribution < 1.29 is 19.0 Å². The maximum absolute atomic E-state index is 12.4. The quantitative estimate of drug-likeness (QED) is 0.754. The van der Waals surface area contributed by atoms with Gasteiger partial charge in [0.15, 0.2) is 0 Å². The number of benzene rings is 1. The van der Waals surface area contributed by atoms with Crippen LogP contribution in [0.4, 0.5) is 0 Å². The van der Waals surface area contributed by atoms with Crippen LogP contribution in [0.15, 0.2) is 18.2 Å². The van der Waals surface area contributed by atoms with E-state index in [1.165, 1.54) is 11.1 Å². The Bertz CT molecular complexity index is 532. The maximum Gasteiger partial charge on any atom is 0.248 e. The summed E-state index contributed by atoms with van der Waals surface area (Å²) in [7, 11) is 1.62. The molecular formula is C18H27NO4. The van der Waals surface area contributed by atoms with Gasteiger partial charge in [0, 0.05) is 7.11 Å². The van der Waals surface area contributed by atoms with Crippen molar-refractivity contribution in [3.8, 4) is 0 Å².